The van der Waals surface area contributed by atoms with Gasteiger partial charge in [-0.2, -0.15) is 5.10 Å². The SMILES string of the molecule is Cc1cccc(Nc2nc3ccccc3nc2NS(=O)(=O)c2cnn(C)c2)c1. The van der Waals surface area contributed by atoms with Crippen molar-refractivity contribution in [3.8, 4) is 0 Å². The topological polar surface area (TPSA) is 102 Å². The molecule has 2 N–H and O–H groups in total. The first kappa shape index (κ1) is 17.9. The highest BCUT2D eigenvalue weighted by Gasteiger charge is 2.20. The van der Waals surface area contributed by atoms with Crippen molar-refractivity contribution in [3.05, 3.63) is 66.5 Å². The van der Waals surface area contributed by atoms with E-state index < -0.39 is 10.0 Å². The second-order valence-corrected chi connectivity index (χ2v) is 8.04. The molecule has 0 aliphatic heterocycles. The van der Waals surface area contributed by atoms with Crippen LogP contribution < -0.4 is 10.0 Å². The van der Waals surface area contributed by atoms with Crippen molar-refractivity contribution in [1.29, 1.82) is 0 Å². The van der Waals surface area contributed by atoms with Crippen LogP contribution in [0.3, 0.4) is 0 Å². The van der Waals surface area contributed by atoms with Gasteiger partial charge in [-0.25, -0.2) is 18.4 Å². The normalized spacial score (nSPS) is 11.5. The van der Waals surface area contributed by atoms with Gasteiger partial charge in [0.15, 0.2) is 11.6 Å². The van der Waals surface area contributed by atoms with Crippen LogP contribution >= 0.6 is 0 Å². The van der Waals surface area contributed by atoms with E-state index in [1.165, 1.54) is 17.1 Å². The summed E-state index contributed by atoms with van der Waals surface area (Å²) in [5.41, 5.74) is 3.09. The van der Waals surface area contributed by atoms with E-state index in [9.17, 15) is 8.42 Å². The molecular formula is C19H18N6O2S. The van der Waals surface area contributed by atoms with Gasteiger partial charge in [0, 0.05) is 18.9 Å². The Morgan fingerprint density at radius 1 is 0.964 bits per heavy atom. The first-order valence-electron chi connectivity index (χ1n) is 8.53. The number of sulfonamides is 1. The van der Waals surface area contributed by atoms with Crippen LogP contribution in [0.4, 0.5) is 17.3 Å². The fourth-order valence-corrected chi connectivity index (χ4v) is 3.73. The first-order valence-corrected chi connectivity index (χ1v) is 10.0. The van der Waals surface area contributed by atoms with Crippen molar-refractivity contribution in [2.75, 3.05) is 10.0 Å². The molecule has 2 aromatic heterocycles. The molecule has 0 unspecified atom stereocenters. The van der Waals surface area contributed by atoms with Gasteiger partial charge in [0.2, 0.25) is 0 Å². The van der Waals surface area contributed by atoms with Gasteiger partial charge in [-0.05, 0) is 36.8 Å². The minimum absolute atomic E-state index is 0.0477. The molecule has 4 aromatic rings. The molecule has 28 heavy (non-hydrogen) atoms. The van der Waals surface area contributed by atoms with E-state index in [0.717, 1.165) is 11.3 Å². The number of fused-ring (bicyclic) bond motifs is 1. The Morgan fingerprint density at radius 3 is 2.32 bits per heavy atom. The number of benzene rings is 2. The van der Waals surface area contributed by atoms with E-state index in [0.29, 0.717) is 16.9 Å². The van der Waals surface area contributed by atoms with Crippen molar-refractivity contribution < 1.29 is 8.42 Å². The van der Waals surface area contributed by atoms with E-state index in [-0.39, 0.29) is 10.7 Å². The third-order valence-corrected chi connectivity index (χ3v) is 5.37. The Bertz CT molecular complexity index is 1270. The van der Waals surface area contributed by atoms with Crippen molar-refractivity contribution in [3.63, 3.8) is 0 Å². The molecular weight excluding hydrogens is 376 g/mol. The van der Waals surface area contributed by atoms with Gasteiger partial charge in [0.1, 0.15) is 4.90 Å². The highest BCUT2D eigenvalue weighted by atomic mass is 32.2. The standard InChI is InChI=1S/C19H18N6O2S/c1-13-6-5-7-14(10-13)21-18-19(23-17-9-4-3-8-16(17)22-18)24-28(26,27)15-11-20-25(2)12-15/h3-12H,1-2H3,(H,21,22)(H,23,24). The monoisotopic (exact) mass is 394 g/mol. The predicted molar refractivity (Wildman–Crippen MR) is 108 cm³/mol. The lowest BCUT2D eigenvalue weighted by atomic mass is 10.2. The van der Waals surface area contributed by atoms with Crippen LogP contribution in [0.2, 0.25) is 0 Å². The van der Waals surface area contributed by atoms with Crippen LogP contribution in [0.1, 0.15) is 5.56 Å². The molecule has 0 amide bonds. The molecule has 0 saturated heterocycles. The fourth-order valence-electron chi connectivity index (χ4n) is 2.74. The number of rotatable bonds is 5. The van der Waals surface area contributed by atoms with Gasteiger partial charge in [-0.15, -0.1) is 0 Å². The minimum Gasteiger partial charge on any atom is -0.337 e. The number of para-hydroxylation sites is 2. The van der Waals surface area contributed by atoms with Gasteiger partial charge in [0.05, 0.1) is 17.2 Å². The molecule has 0 fully saturated rings. The Labute approximate surface area is 162 Å². The second kappa shape index (κ2) is 6.93. The predicted octanol–water partition coefficient (Wildman–Crippen LogP) is 3.22. The summed E-state index contributed by atoms with van der Waals surface area (Å²) in [5.74, 6) is 0.431. The summed E-state index contributed by atoms with van der Waals surface area (Å²) in [5, 5.41) is 7.08. The maximum absolute atomic E-state index is 12.7. The Balaban J connectivity index is 1.79. The molecule has 8 nitrogen and oxygen atoms in total. The zero-order chi connectivity index (χ0) is 19.7. The average Bonchev–Trinajstić information content (AvgIpc) is 3.09. The Kier molecular flexibility index (Phi) is 4.44. The number of hydrogen-bond donors (Lipinski definition) is 2. The lowest BCUT2D eigenvalue weighted by Gasteiger charge is -2.13. The molecule has 0 saturated carbocycles. The first-order chi connectivity index (χ1) is 13.4. The number of aromatic nitrogens is 4. The van der Waals surface area contributed by atoms with Crippen LogP contribution in [0.5, 0.6) is 0 Å². The lowest BCUT2D eigenvalue weighted by Crippen LogP contribution is -2.15. The second-order valence-electron chi connectivity index (χ2n) is 6.36. The number of nitrogens with zero attached hydrogens (tertiary/aromatic N) is 4. The molecule has 2 heterocycles. The molecule has 0 radical (unpaired) electrons. The highest BCUT2D eigenvalue weighted by Crippen LogP contribution is 2.27. The summed E-state index contributed by atoms with van der Waals surface area (Å²) in [6.07, 6.45) is 2.70. The van der Waals surface area contributed by atoms with E-state index >= 15 is 0 Å². The van der Waals surface area contributed by atoms with Gasteiger partial charge < -0.3 is 5.32 Å². The number of hydrogen-bond acceptors (Lipinski definition) is 6. The maximum Gasteiger partial charge on any atom is 0.266 e. The van der Waals surface area contributed by atoms with Gasteiger partial charge in [-0.1, -0.05) is 24.3 Å². The van der Waals surface area contributed by atoms with Crippen LogP contribution in [0, 0.1) is 6.92 Å². The molecule has 0 spiro atoms. The maximum atomic E-state index is 12.7. The number of anilines is 3. The smallest absolute Gasteiger partial charge is 0.266 e. The average molecular weight is 394 g/mol. The number of aryl methyl sites for hydroxylation is 2. The van der Waals surface area contributed by atoms with Crippen LogP contribution in [0.15, 0.2) is 65.8 Å². The molecule has 4 rings (SSSR count). The van der Waals surface area contributed by atoms with Crippen LogP contribution in [-0.2, 0) is 17.1 Å². The van der Waals surface area contributed by atoms with Crippen molar-refractivity contribution in [1.82, 2.24) is 19.7 Å². The summed E-state index contributed by atoms with van der Waals surface area (Å²) < 4.78 is 29.4. The van der Waals surface area contributed by atoms with Crippen molar-refractivity contribution >= 4 is 38.4 Å². The summed E-state index contributed by atoms with van der Waals surface area (Å²) in [4.78, 5) is 9.08. The minimum atomic E-state index is -3.86. The molecule has 0 aliphatic carbocycles. The van der Waals surface area contributed by atoms with E-state index in [2.05, 4.69) is 25.1 Å². The Morgan fingerprint density at radius 2 is 1.68 bits per heavy atom. The van der Waals surface area contributed by atoms with Crippen LogP contribution in [-0.4, -0.2) is 28.2 Å². The molecule has 2 aromatic carbocycles. The zero-order valence-corrected chi connectivity index (χ0v) is 16.1. The van der Waals surface area contributed by atoms with E-state index in [1.807, 2.05) is 49.4 Å². The van der Waals surface area contributed by atoms with Crippen LogP contribution in [0.25, 0.3) is 11.0 Å². The fraction of sp³-hybridized carbons (Fsp3) is 0.105. The van der Waals surface area contributed by atoms with Crippen molar-refractivity contribution in [2.45, 2.75) is 11.8 Å². The largest absolute Gasteiger partial charge is 0.337 e. The lowest BCUT2D eigenvalue weighted by molar-refractivity contribution is 0.601. The quantitative estimate of drug-likeness (QED) is 0.539. The summed E-state index contributed by atoms with van der Waals surface area (Å²) >= 11 is 0. The summed E-state index contributed by atoms with van der Waals surface area (Å²) in [6.45, 7) is 1.98. The van der Waals surface area contributed by atoms with Gasteiger partial charge in [0.25, 0.3) is 10.0 Å². The van der Waals surface area contributed by atoms with Gasteiger partial charge >= 0.3 is 0 Å². The third kappa shape index (κ3) is 3.65. The molecule has 0 bridgehead atoms. The number of nitrogens with one attached hydrogen (secondary N) is 2. The third-order valence-electron chi connectivity index (χ3n) is 4.07. The van der Waals surface area contributed by atoms with Crippen molar-refractivity contribution in [2.24, 2.45) is 7.05 Å². The molecule has 0 aliphatic rings. The molecule has 0 atom stereocenters. The summed E-state index contributed by atoms with van der Waals surface area (Å²) in [6, 6.07) is 15.0. The van der Waals surface area contributed by atoms with E-state index in [4.69, 9.17) is 0 Å². The van der Waals surface area contributed by atoms with Gasteiger partial charge in [-0.3, -0.25) is 9.40 Å². The zero-order valence-electron chi connectivity index (χ0n) is 15.3. The Hall–Kier alpha value is -3.46. The molecule has 9 heteroatoms. The molecule has 142 valence electrons. The summed E-state index contributed by atoms with van der Waals surface area (Å²) in [7, 11) is -2.21. The van der Waals surface area contributed by atoms with E-state index in [1.54, 1.807) is 13.1 Å². The highest BCUT2D eigenvalue weighted by molar-refractivity contribution is 7.92.